The maximum Gasteiger partial charge on any atom is 0.142 e. The zero-order chi connectivity index (χ0) is 14.4. The van der Waals surface area contributed by atoms with Crippen molar-refractivity contribution < 1.29 is 14.2 Å². The van der Waals surface area contributed by atoms with Gasteiger partial charge in [-0.2, -0.15) is 0 Å². The van der Waals surface area contributed by atoms with Crippen molar-refractivity contribution in [2.75, 3.05) is 26.6 Å². The normalized spacial score (nSPS) is 9.95. The summed E-state index contributed by atoms with van der Waals surface area (Å²) in [6, 6.07) is 13.6. The molecule has 2 aromatic rings. The SMILES string of the molecule is COc1ccc(OC)c(NCc2ccccc2OC)c1. The molecular weight excluding hydrogens is 254 g/mol. The largest absolute Gasteiger partial charge is 0.497 e. The number of ether oxygens (including phenoxy) is 3. The van der Waals surface area contributed by atoms with Crippen LogP contribution in [0.25, 0.3) is 0 Å². The Morgan fingerprint density at radius 1 is 0.850 bits per heavy atom. The molecule has 4 heteroatoms. The van der Waals surface area contributed by atoms with Gasteiger partial charge in [-0.3, -0.25) is 0 Å². The van der Waals surface area contributed by atoms with Crippen molar-refractivity contribution in [3.05, 3.63) is 48.0 Å². The van der Waals surface area contributed by atoms with Gasteiger partial charge in [-0.1, -0.05) is 18.2 Å². The molecule has 2 rings (SSSR count). The van der Waals surface area contributed by atoms with Crippen LogP contribution in [0.2, 0.25) is 0 Å². The third kappa shape index (κ3) is 3.15. The lowest BCUT2D eigenvalue weighted by molar-refractivity contribution is 0.404. The van der Waals surface area contributed by atoms with Crippen LogP contribution in [-0.2, 0) is 6.54 Å². The summed E-state index contributed by atoms with van der Waals surface area (Å²) in [5.74, 6) is 2.43. The molecule has 0 unspecified atom stereocenters. The third-order valence-corrected chi connectivity index (χ3v) is 3.07. The second kappa shape index (κ2) is 6.70. The van der Waals surface area contributed by atoms with Gasteiger partial charge in [-0.05, 0) is 18.2 Å². The van der Waals surface area contributed by atoms with Gasteiger partial charge in [0.25, 0.3) is 0 Å². The Kier molecular flexibility index (Phi) is 4.71. The molecule has 0 aromatic heterocycles. The number of para-hydroxylation sites is 1. The molecule has 0 radical (unpaired) electrons. The van der Waals surface area contributed by atoms with Gasteiger partial charge in [0.15, 0.2) is 0 Å². The number of hydrogen-bond donors (Lipinski definition) is 1. The number of benzene rings is 2. The molecule has 2 aromatic carbocycles. The van der Waals surface area contributed by atoms with Crippen molar-refractivity contribution in [2.45, 2.75) is 6.54 Å². The van der Waals surface area contributed by atoms with Crippen molar-refractivity contribution in [2.24, 2.45) is 0 Å². The molecule has 1 N–H and O–H groups in total. The molecule has 0 saturated carbocycles. The van der Waals surface area contributed by atoms with E-state index in [0.29, 0.717) is 6.54 Å². The van der Waals surface area contributed by atoms with Gasteiger partial charge < -0.3 is 19.5 Å². The average Bonchev–Trinajstić information content (AvgIpc) is 2.52. The standard InChI is InChI=1S/C16H19NO3/c1-18-13-8-9-16(20-3)14(10-13)17-11-12-6-4-5-7-15(12)19-2/h4-10,17H,11H2,1-3H3. The lowest BCUT2D eigenvalue weighted by Crippen LogP contribution is -2.03. The summed E-state index contributed by atoms with van der Waals surface area (Å²) in [5.41, 5.74) is 1.97. The number of nitrogens with one attached hydrogen (secondary N) is 1. The quantitative estimate of drug-likeness (QED) is 0.876. The smallest absolute Gasteiger partial charge is 0.142 e. The highest BCUT2D eigenvalue weighted by Crippen LogP contribution is 2.30. The Morgan fingerprint density at radius 3 is 2.30 bits per heavy atom. The summed E-state index contributed by atoms with van der Waals surface area (Å²) in [5, 5.41) is 3.34. The van der Waals surface area contributed by atoms with Crippen LogP contribution in [0.5, 0.6) is 17.2 Å². The molecule has 0 bridgehead atoms. The minimum absolute atomic E-state index is 0.646. The zero-order valence-corrected chi connectivity index (χ0v) is 12.0. The molecule has 20 heavy (non-hydrogen) atoms. The number of anilines is 1. The van der Waals surface area contributed by atoms with E-state index in [1.807, 2.05) is 42.5 Å². The fourth-order valence-corrected chi connectivity index (χ4v) is 1.99. The van der Waals surface area contributed by atoms with Gasteiger partial charge in [0.05, 0.1) is 27.0 Å². The predicted octanol–water partition coefficient (Wildman–Crippen LogP) is 3.32. The Balaban J connectivity index is 2.17. The van der Waals surface area contributed by atoms with Crippen LogP contribution < -0.4 is 19.5 Å². The van der Waals surface area contributed by atoms with Gasteiger partial charge in [0.1, 0.15) is 17.2 Å². The number of rotatable bonds is 6. The van der Waals surface area contributed by atoms with Crippen molar-refractivity contribution in [3.8, 4) is 17.2 Å². The lowest BCUT2D eigenvalue weighted by Gasteiger charge is -2.14. The maximum atomic E-state index is 5.34. The molecule has 0 spiro atoms. The zero-order valence-electron chi connectivity index (χ0n) is 12.0. The summed E-state index contributed by atoms with van der Waals surface area (Å²) in [6.45, 7) is 0.646. The second-order valence-electron chi connectivity index (χ2n) is 4.23. The van der Waals surface area contributed by atoms with Crippen LogP contribution >= 0.6 is 0 Å². The van der Waals surface area contributed by atoms with E-state index in [0.717, 1.165) is 28.5 Å². The predicted molar refractivity (Wildman–Crippen MR) is 79.9 cm³/mol. The van der Waals surface area contributed by atoms with Crippen molar-refractivity contribution in [3.63, 3.8) is 0 Å². The van der Waals surface area contributed by atoms with E-state index in [4.69, 9.17) is 14.2 Å². The van der Waals surface area contributed by atoms with E-state index in [1.54, 1.807) is 21.3 Å². The number of methoxy groups -OCH3 is 3. The molecular formula is C16H19NO3. The average molecular weight is 273 g/mol. The minimum atomic E-state index is 0.646. The first-order valence-corrected chi connectivity index (χ1v) is 6.36. The molecule has 0 aliphatic heterocycles. The highest BCUT2D eigenvalue weighted by atomic mass is 16.5. The van der Waals surface area contributed by atoms with Crippen molar-refractivity contribution >= 4 is 5.69 Å². The van der Waals surface area contributed by atoms with E-state index < -0.39 is 0 Å². The summed E-state index contributed by atoms with van der Waals surface area (Å²) in [7, 11) is 4.97. The Bertz CT molecular complexity index is 569. The lowest BCUT2D eigenvalue weighted by atomic mass is 10.2. The highest BCUT2D eigenvalue weighted by Gasteiger charge is 2.06. The second-order valence-corrected chi connectivity index (χ2v) is 4.23. The third-order valence-electron chi connectivity index (χ3n) is 3.07. The molecule has 0 fully saturated rings. The first-order valence-electron chi connectivity index (χ1n) is 6.36. The van der Waals surface area contributed by atoms with Crippen molar-refractivity contribution in [1.82, 2.24) is 0 Å². The number of hydrogen-bond acceptors (Lipinski definition) is 4. The molecule has 0 heterocycles. The summed E-state index contributed by atoms with van der Waals surface area (Å²) < 4.78 is 15.9. The van der Waals surface area contributed by atoms with Crippen LogP contribution in [0.15, 0.2) is 42.5 Å². The van der Waals surface area contributed by atoms with E-state index in [-0.39, 0.29) is 0 Å². The van der Waals surface area contributed by atoms with E-state index in [1.165, 1.54) is 0 Å². The van der Waals surface area contributed by atoms with Crippen LogP contribution in [0, 0.1) is 0 Å². The monoisotopic (exact) mass is 273 g/mol. The molecule has 4 nitrogen and oxygen atoms in total. The van der Waals surface area contributed by atoms with Crippen LogP contribution in [0.4, 0.5) is 5.69 Å². The first-order chi connectivity index (χ1) is 9.78. The van der Waals surface area contributed by atoms with Crippen LogP contribution in [0.3, 0.4) is 0 Å². The van der Waals surface area contributed by atoms with Crippen LogP contribution in [-0.4, -0.2) is 21.3 Å². The minimum Gasteiger partial charge on any atom is -0.497 e. The van der Waals surface area contributed by atoms with Gasteiger partial charge in [0.2, 0.25) is 0 Å². The molecule has 0 saturated heterocycles. The first kappa shape index (κ1) is 14.1. The van der Waals surface area contributed by atoms with E-state index >= 15 is 0 Å². The van der Waals surface area contributed by atoms with Gasteiger partial charge in [0, 0.05) is 18.2 Å². The Hall–Kier alpha value is -2.36. The summed E-state index contributed by atoms with van der Waals surface area (Å²) in [4.78, 5) is 0. The van der Waals surface area contributed by atoms with E-state index in [9.17, 15) is 0 Å². The molecule has 106 valence electrons. The maximum absolute atomic E-state index is 5.34. The summed E-state index contributed by atoms with van der Waals surface area (Å²) >= 11 is 0. The molecule has 0 aliphatic carbocycles. The van der Waals surface area contributed by atoms with Gasteiger partial charge >= 0.3 is 0 Å². The van der Waals surface area contributed by atoms with Crippen LogP contribution in [0.1, 0.15) is 5.56 Å². The fraction of sp³-hybridized carbons (Fsp3) is 0.250. The fourth-order valence-electron chi connectivity index (χ4n) is 1.99. The molecule has 0 atom stereocenters. The van der Waals surface area contributed by atoms with Gasteiger partial charge in [-0.25, -0.2) is 0 Å². The van der Waals surface area contributed by atoms with Crippen molar-refractivity contribution in [1.29, 1.82) is 0 Å². The van der Waals surface area contributed by atoms with Gasteiger partial charge in [-0.15, -0.1) is 0 Å². The Morgan fingerprint density at radius 2 is 1.60 bits per heavy atom. The highest BCUT2D eigenvalue weighted by molar-refractivity contribution is 5.60. The molecule has 0 aliphatic rings. The topological polar surface area (TPSA) is 39.7 Å². The molecule has 0 amide bonds. The van der Waals surface area contributed by atoms with E-state index in [2.05, 4.69) is 5.32 Å². The summed E-state index contributed by atoms with van der Waals surface area (Å²) in [6.07, 6.45) is 0. The Labute approximate surface area is 119 Å².